The van der Waals surface area contributed by atoms with E-state index in [4.69, 9.17) is 8.83 Å². The molecule has 0 amide bonds. The molecule has 0 N–H and O–H groups in total. The van der Waals surface area contributed by atoms with Crippen LogP contribution in [0.15, 0.2) is 179 Å². The van der Waals surface area contributed by atoms with Gasteiger partial charge in [-0.15, -0.1) is 0 Å². The summed E-state index contributed by atoms with van der Waals surface area (Å²) in [5.41, 5.74) is 9.65. The number of furan rings is 2. The van der Waals surface area contributed by atoms with Crippen molar-refractivity contribution in [3.63, 3.8) is 0 Å². The van der Waals surface area contributed by atoms with E-state index < -0.39 is 23.5 Å². The molecule has 386 valence electrons. The van der Waals surface area contributed by atoms with Crippen molar-refractivity contribution < 1.29 is 35.2 Å². The van der Waals surface area contributed by atoms with E-state index in [1.54, 1.807) is 12.1 Å². The van der Waals surface area contributed by atoms with Crippen LogP contribution in [0.3, 0.4) is 0 Å². The average Bonchev–Trinajstić information content (AvgIpc) is 4.29. The molecule has 13 aromatic rings. The highest BCUT2D eigenvalue weighted by Gasteiger charge is 2.40. The van der Waals surface area contributed by atoms with Gasteiger partial charge in [-0.05, 0) is 133 Å². The van der Waals surface area contributed by atoms with Gasteiger partial charge in [-0.2, -0.15) is 26.3 Å². The average molecular weight is 1040 g/mol. The lowest BCUT2D eigenvalue weighted by molar-refractivity contribution is -0.138. The van der Waals surface area contributed by atoms with Crippen LogP contribution in [0.1, 0.15) is 98.3 Å². The monoisotopic (exact) mass is 1040 g/mol. The number of alkyl halides is 6. The van der Waals surface area contributed by atoms with Gasteiger partial charge in [-0.1, -0.05) is 136 Å². The first-order valence-electron chi connectivity index (χ1n) is 27.3. The van der Waals surface area contributed by atoms with Gasteiger partial charge < -0.3 is 18.0 Å². The molecular formula is C68H50F6N2O2. The van der Waals surface area contributed by atoms with Crippen molar-refractivity contribution in [1.29, 1.82) is 0 Å². The molecule has 15 rings (SSSR count). The van der Waals surface area contributed by atoms with E-state index in [-0.39, 0.29) is 11.8 Å². The summed E-state index contributed by atoms with van der Waals surface area (Å²) in [7, 11) is 0. The van der Waals surface area contributed by atoms with Crippen LogP contribution in [0.25, 0.3) is 121 Å². The molecule has 0 bridgehead atoms. The molecule has 0 saturated heterocycles. The first-order chi connectivity index (χ1) is 38.0. The van der Waals surface area contributed by atoms with Gasteiger partial charge in [0.1, 0.15) is 22.3 Å². The zero-order chi connectivity index (χ0) is 52.6. The minimum absolute atomic E-state index is 0.151. The molecule has 4 nitrogen and oxygen atoms in total. The van der Waals surface area contributed by atoms with Crippen molar-refractivity contribution in [3.8, 4) is 33.6 Å². The molecule has 2 saturated carbocycles. The van der Waals surface area contributed by atoms with Crippen LogP contribution in [0.5, 0.6) is 0 Å². The molecule has 0 atom stereocenters. The normalized spacial score (nSPS) is 15.5. The highest BCUT2D eigenvalue weighted by Crippen LogP contribution is 2.57. The van der Waals surface area contributed by atoms with Crippen molar-refractivity contribution in [3.05, 3.63) is 192 Å². The van der Waals surface area contributed by atoms with Gasteiger partial charge in [0, 0.05) is 54.2 Å². The minimum Gasteiger partial charge on any atom is -0.456 e. The molecule has 0 radical (unpaired) electrons. The SMILES string of the molecule is FC(F)(F)c1cccc(-c2c(C3CCCCC3)c(-n3c4ccccc4c4c5c(ccc43)oc3ccccc35)c(C3CCCCC3)c(-c3cccc(C(F)(F)F)c3)c2-n2c3ccccc3c3c4c(ccc32)oc2ccccc24)c1. The zero-order valence-electron chi connectivity index (χ0n) is 42.4. The predicted octanol–water partition coefficient (Wildman–Crippen LogP) is 21.1. The van der Waals surface area contributed by atoms with Crippen LogP contribution < -0.4 is 0 Å². The van der Waals surface area contributed by atoms with E-state index in [2.05, 4.69) is 39.5 Å². The number of hydrogen-bond acceptors (Lipinski definition) is 2. The first kappa shape index (κ1) is 47.0. The van der Waals surface area contributed by atoms with Crippen LogP contribution in [0.2, 0.25) is 0 Å². The summed E-state index contributed by atoms with van der Waals surface area (Å²) in [6.07, 6.45) is -0.669. The molecule has 4 heterocycles. The maximum Gasteiger partial charge on any atom is 0.416 e. The van der Waals surface area contributed by atoms with Gasteiger partial charge in [0.05, 0.1) is 44.6 Å². The number of para-hydroxylation sites is 4. The van der Waals surface area contributed by atoms with E-state index in [1.807, 2.05) is 91.0 Å². The Hall–Kier alpha value is -8.24. The Labute approximate surface area is 444 Å². The van der Waals surface area contributed by atoms with E-state index >= 15 is 26.3 Å². The molecule has 10 heteroatoms. The van der Waals surface area contributed by atoms with Gasteiger partial charge in [0.25, 0.3) is 0 Å². The van der Waals surface area contributed by atoms with E-state index in [0.717, 1.165) is 169 Å². The largest absolute Gasteiger partial charge is 0.456 e. The molecule has 78 heavy (non-hydrogen) atoms. The van der Waals surface area contributed by atoms with E-state index in [9.17, 15) is 0 Å². The summed E-state index contributed by atoms with van der Waals surface area (Å²) < 4.78 is 111. The Morgan fingerprint density at radius 3 is 1.18 bits per heavy atom. The number of aromatic nitrogens is 2. The number of fused-ring (bicyclic) bond motifs is 14. The minimum atomic E-state index is -4.71. The topological polar surface area (TPSA) is 36.1 Å². The maximum absolute atomic E-state index is 15.5. The Bertz CT molecular complexity index is 4470. The fourth-order valence-corrected chi connectivity index (χ4v) is 14.1. The van der Waals surface area contributed by atoms with E-state index in [0.29, 0.717) is 39.1 Å². The Morgan fingerprint density at radius 1 is 0.346 bits per heavy atom. The zero-order valence-corrected chi connectivity index (χ0v) is 42.4. The molecule has 4 aromatic heterocycles. The number of benzene rings is 9. The standard InChI is InChI=1S/C68H50F6N2O2/c69-67(70,71)43-23-15-21-41(37-43)59-57(39-17-3-1-4-18-39)65(75-49-29-11-7-25-45(49)61-51(75)33-35-55-63(61)47-27-9-13-31-53(47)77-55)58(40-19-5-2-6-20-40)60(42-22-16-24-44(38-42)68(72,73)74)66(59)76-50-30-12-8-26-46(50)62-52(76)34-36-56-64(62)48-28-10-14-32-54(48)78-56/h7-16,21-40H,1-6,17-20H2. The lowest BCUT2D eigenvalue weighted by Crippen LogP contribution is -2.20. The maximum atomic E-state index is 15.5. The molecule has 9 aromatic carbocycles. The van der Waals surface area contributed by atoms with Gasteiger partial charge in [-0.3, -0.25) is 0 Å². The van der Waals surface area contributed by atoms with Crippen molar-refractivity contribution in [2.24, 2.45) is 0 Å². The quantitative estimate of drug-likeness (QED) is 0.156. The lowest BCUT2D eigenvalue weighted by atomic mass is 9.72. The summed E-state index contributed by atoms with van der Waals surface area (Å²) in [6.45, 7) is 0. The second-order valence-corrected chi connectivity index (χ2v) is 21.7. The summed E-state index contributed by atoms with van der Waals surface area (Å²) in [5, 5.41) is 7.42. The Morgan fingerprint density at radius 2 is 0.744 bits per heavy atom. The van der Waals surface area contributed by atoms with Crippen molar-refractivity contribution in [2.45, 2.75) is 88.4 Å². The van der Waals surface area contributed by atoms with Crippen molar-refractivity contribution >= 4 is 87.5 Å². The van der Waals surface area contributed by atoms with Crippen LogP contribution in [-0.4, -0.2) is 9.13 Å². The summed E-state index contributed by atoms with van der Waals surface area (Å²) in [4.78, 5) is 0. The van der Waals surface area contributed by atoms with Crippen LogP contribution in [-0.2, 0) is 12.4 Å². The van der Waals surface area contributed by atoms with Crippen molar-refractivity contribution in [2.75, 3.05) is 0 Å². The van der Waals surface area contributed by atoms with Crippen LogP contribution in [0, 0.1) is 0 Å². The molecule has 2 fully saturated rings. The number of nitrogens with zero attached hydrogens (tertiary/aromatic N) is 2. The van der Waals surface area contributed by atoms with Crippen LogP contribution in [0.4, 0.5) is 26.3 Å². The lowest BCUT2D eigenvalue weighted by Gasteiger charge is -2.37. The van der Waals surface area contributed by atoms with Crippen molar-refractivity contribution in [1.82, 2.24) is 9.13 Å². The molecule has 0 aliphatic heterocycles. The summed E-state index contributed by atoms with van der Waals surface area (Å²) in [5.74, 6) is -0.301. The van der Waals surface area contributed by atoms with Gasteiger partial charge in [0.15, 0.2) is 0 Å². The summed E-state index contributed by atoms with van der Waals surface area (Å²) >= 11 is 0. The Kier molecular flexibility index (Phi) is 10.6. The van der Waals surface area contributed by atoms with E-state index in [1.165, 1.54) is 24.3 Å². The first-order valence-corrected chi connectivity index (χ1v) is 27.3. The highest BCUT2D eigenvalue weighted by atomic mass is 19.4. The number of rotatable bonds is 6. The van der Waals surface area contributed by atoms with Crippen LogP contribution >= 0.6 is 0 Å². The highest BCUT2D eigenvalue weighted by molar-refractivity contribution is 6.29. The molecular weight excluding hydrogens is 991 g/mol. The fraction of sp³-hybridized carbons (Fsp3) is 0.206. The van der Waals surface area contributed by atoms with Gasteiger partial charge in [0.2, 0.25) is 0 Å². The molecule has 2 aliphatic carbocycles. The fourth-order valence-electron chi connectivity index (χ4n) is 14.1. The number of hydrogen-bond donors (Lipinski definition) is 0. The summed E-state index contributed by atoms with van der Waals surface area (Å²) in [6, 6.07) is 51.7. The predicted molar refractivity (Wildman–Crippen MR) is 302 cm³/mol. The smallest absolute Gasteiger partial charge is 0.416 e. The second kappa shape index (κ2) is 17.6. The molecule has 2 aliphatic rings. The second-order valence-electron chi connectivity index (χ2n) is 21.7. The molecule has 0 unspecified atom stereocenters. The third-order valence-electron chi connectivity index (χ3n) is 17.3. The number of halogens is 6. The third kappa shape index (κ3) is 7.13. The van der Waals surface area contributed by atoms with Gasteiger partial charge >= 0.3 is 12.4 Å². The van der Waals surface area contributed by atoms with Gasteiger partial charge in [-0.25, -0.2) is 0 Å². The Balaban J connectivity index is 1.24. The third-order valence-corrected chi connectivity index (χ3v) is 17.3. The molecule has 0 spiro atoms.